The zero-order valence-electron chi connectivity index (χ0n) is 16.3. The molecule has 0 spiro atoms. The summed E-state index contributed by atoms with van der Waals surface area (Å²) in [6, 6.07) is 18.2. The normalized spacial score (nSPS) is 16.5. The standard InChI is InChI=1S/C24H19NO5/c1-29-20-10-9-17(22-18-7-2-3-8-19(18)30-23(20)22)15-12-21(26)25(13-15)16-6-4-5-14(11-16)24(27)28/h2-11,15H,12-13H2,1H3,(H,27,28). The minimum absolute atomic E-state index is 0.0284. The van der Waals surface area contributed by atoms with Gasteiger partial charge in [0.2, 0.25) is 5.91 Å². The number of hydrogen-bond donors (Lipinski definition) is 1. The van der Waals surface area contributed by atoms with Crippen LogP contribution in [0.3, 0.4) is 0 Å². The molecule has 1 aromatic heterocycles. The highest BCUT2D eigenvalue weighted by Gasteiger charge is 2.34. The molecule has 1 amide bonds. The van der Waals surface area contributed by atoms with Crippen molar-refractivity contribution in [2.24, 2.45) is 0 Å². The summed E-state index contributed by atoms with van der Waals surface area (Å²) < 4.78 is 11.6. The van der Waals surface area contributed by atoms with Crippen LogP contribution in [-0.2, 0) is 4.79 Å². The Morgan fingerprint density at radius 3 is 2.77 bits per heavy atom. The number of carboxylic acid groups (broad SMARTS) is 1. The van der Waals surface area contributed by atoms with Gasteiger partial charge < -0.3 is 19.2 Å². The second-order valence-electron chi connectivity index (χ2n) is 7.42. The highest BCUT2D eigenvalue weighted by atomic mass is 16.5. The molecule has 150 valence electrons. The summed E-state index contributed by atoms with van der Waals surface area (Å²) >= 11 is 0. The zero-order valence-corrected chi connectivity index (χ0v) is 16.3. The number of methoxy groups -OCH3 is 1. The molecule has 6 heteroatoms. The quantitative estimate of drug-likeness (QED) is 0.531. The number of nitrogens with zero attached hydrogens (tertiary/aromatic N) is 1. The molecule has 1 aliphatic heterocycles. The van der Waals surface area contributed by atoms with Gasteiger partial charge in [0.1, 0.15) is 5.58 Å². The lowest BCUT2D eigenvalue weighted by atomic mass is 9.93. The number of para-hydroxylation sites is 1. The van der Waals surface area contributed by atoms with Crippen molar-refractivity contribution in [3.8, 4) is 5.75 Å². The summed E-state index contributed by atoms with van der Waals surface area (Å²) in [6.07, 6.45) is 0.345. The molecule has 1 N–H and O–H groups in total. The van der Waals surface area contributed by atoms with Crippen LogP contribution in [0, 0.1) is 0 Å². The van der Waals surface area contributed by atoms with Crippen molar-refractivity contribution in [2.75, 3.05) is 18.6 Å². The minimum atomic E-state index is -1.01. The maximum atomic E-state index is 12.8. The van der Waals surface area contributed by atoms with Crippen LogP contribution in [0.15, 0.2) is 65.1 Å². The van der Waals surface area contributed by atoms with Crippen LogP contribution in [0.2, 0.25) is 0 Å². The molecule has 3 aromatic carbocycles. The first kappa shape index (κ1) is 18.2. The van der Waals surface area contributed by atoms with Gasteiger partial charge in [-0.15, -0.1) is 0 Å². The molecule has 1 saturated heterocycles. The molecule has 1 fully saturated rings. The topological polar surface area (TPSA) is 80.0 Å². The van der Waals surface area contributed by atoms with E-state index in [4.69, 9.17) is 9.15 Å². The van der Waals surface area contributed by atoms with Gasteiger partial charge >= 0.3 is 5.97 Å². The van der Waals surface area contributed by atoms with E-state index in [9.17, 15) is 14.7 Å². The molecule has 0 bridgehead atoms. The second-order valence-corrected chi connectivity index (χ2v) is 7.42. The van der Waals surface area contributed by atoms with Crippen molar-refractivity contribution in [3.63, 3.8) is 0 Å². The maximum Gasteiger partial charge on any atom is 0.335 e. The fourth-order valence-electron chi connectivity index (χ4n) is 4.30. The van der Waals surface area contributed by atoms with Gasteiger partial charge in [0.25, 0.3) is 0 Å². The summed E-state index contributed by atoms with van der Waals surface area (Å²) in [4.78, 5) is 25.8. The SMILES string of the molecule is COc1ccc(C2CC(=O)N(c3cccc(C(=O)O)c3)C2)c2c1oc1ccccc12. The Kier molecular flexibility index (Phi) is 4.20. The number of benzene rings is 3. The van der Waals surface area contributed by atoms with Gasteiger partial charge in [0.15, 0.2) is 11.3 Å². The van der Waals surface area contributed by atoms with E-state index < -0.39 is 5.97 Å². The Bertz CT molecular complexity index is 1310. The van der Waals surface area contributed by atoms with E-state index in [1.165, 1.54) is 6.07 Å². The van der Waals surface area contributed by atoms with Crippen molar-refractivity contribution in [1.82, 2.24) is 0 Å². The molecule has 6 nitrogen and oxygen atoms in total. The predicted molar refractivity (Wildman–Crippen MR) is 113 cm³/mol. The third kappa shape index (κ3) is 2.80. The molecule has 1 unspecified atom stereocenters. The van der Waals surface area contributed by atoms with Gasteiger partial charge in [-0.05, 0) is 35.9 Å². The lowest BCUT2D eigenvalue weighted by Crippen LogP contribution is -2.24. The van der Waals surface area contributed by atoms with Gasteiger partial charge in [0, 0.05) is 35.3 Å². The number of furan rings is 1. The molecular formula is C24H19NO5. The summed E-state index contributed by atoms with van der Waals surface area (Å²) in [5, 5.41) is 11.2. The number of hydrogen-bond acceptors (Lipinski definition) is 4. The third-order valence-electron chi connectivity index (χ3n) is 5.71. The van der Waals surface area contributed by atoms with Crippen LogP contribution in [0.5, 0.6) is 5.75 Å². The molecule has 4 aromatic rings. The number of amides is 1. The number of aromatic carboxylic acids is 1. The first-order valence-electron chi connectivity index (χ1n) is 9.68. The number of ether oxygens (including phenoxy) is 1. The van der Waals surface area contributed by atoms with Crippen LogP contribution in [-0.4, -0.2) is 30.6 Å². The summed E-state index contributed by atoms with van der Waals surface area (Å²) in [5.41, 5.74) is 3.24. The highest BCUT2D eigenvalue weighted by Crippen LogP contribution is 2.42. The predicted octanol–water partition coefficient (Wildman–Crippen LogP) is 4.81. The van der Waals surface area contributed by atoms with Crippen molar-refractivity contribution >= 4 is 39.5 Å². The first-order valence-corrected chi connectivity index (χ1v) is 9.68. The summed E-state index contributed by atoms with van der Waals surface area (Å²) in [5.74, 6) is -0.429. The summed E-state index contributed by atoms with van der Waals surface area (Å²) in [7, 11) is 1.61. The van der Waals surface area contributed by atoms with Crippen LogP contribution >= 0.6 is 0 Å². The van der Waals surface area contributed by atoms with Gasteiger partial charge in [-0.2, -0.15) is 0 Å². The first-order chi connectivity index (χ1) is 14.6. The lowest BCUT2D eigenvalue weighted by molar-refractivity contribution is -0.117. The smallest absolute Gasteiger partial charge is 0.335 e. The van der Waals surface area contributed by atoms with Gasteiger partial charge in [0.05, 0.1) is 12.7 Å². The van der Waals surface area contributed by atoms with E-state index in [2.05, 4.69) is 0 Å². The molecular weight excluding hydrogens is 382 g/mol. The number of carbonyl (C=O) groups is 2. The lowest BCUT2D eigenvalue weighted by Gasteiger charge is -2.18. The molecule has 2 heterocycles. The Morgan fingerprint density at radius 2 is 1.97 bits per heavy atom. The number of carbonyl (C=O) groups excluding carboxylic acids is 1. The van der Waals surface area contributed by atoms with E-state index in [1.54, 1.807) is 30.2 Å². The molecule has 1 atom stereocenters. The molecule has 30 heavy (non-hydrogen) atoms. The Balaban J connectivity index is 1.59. The van der Waals surface area contributed by atoms with Crippen LogP contribution in [0.1, 0.15) is 28.3 Å². The largest absolute Gasteiger partial charge is 0.493 e. The van der Waals surface area contributed by atoms with E-state index in [1.807, 2.05) is 36.4 Å². The van der Waals surface area contributed by atoms with E-state index in [-0.39, 0.29) is 17.4 Å². The van der Waals surface area contributed by atoms with Gasteiger partial charge in [-0.3, -0.25) is 4.79 Å². The fraction of sp³-hybridized carbons (Fsp3) is 0.167. The Hall–Kier alpha value is -3.80. The monoisotopic (exact) mass is 401 g/mol. The van der Waals surface area contributed by atoms with Crippen molar-refractivity contribution in [2.45, 2.75) is 12.3 Å². The molecule has 0 aliphatic carbocycles. The number of carboxylic acids is 1. The summed E-state index contributed by atoms with van der Waals surface area (Å²) in [6.45, 7) is 0.475. The molecule has 5 rings (SSSR count). The average molecular weight is 401 g/mol. The Morgan fingerprint density at radius 1 is 1.13 bits per heavy atom. The van der Waals surface area contributed by atoms with E-state index in [0.29, 0.717) is 30.0 Å². The maximum absolute atomic E-state index is 12.8. The third-order valence-corrected chi connectivity index (χ3v) is 5.71. The van der Waals surface area contributed by atoms with Crippen molar-refractivity contribution in [1.29, 1.82) is 0 Å². The van der Waals surface area contributed by atoms with Crippen molar-refractivity contribution in [3.05, 3.63) is 71.8 Å². The fourth-order valence-corrected chi connectivity index (χ4v) is 4.30. The number of anilines is 1. The molecule has 0 saturated carbocycles. The average Bonchev–Trinajstić information content (AvgIpc) is 3.34. The second kappa shape index (κ2) is 6.91. The van der Waals surface area contributed by atoms with Crippen LogP contribution in [0.4, 0.5) is 5.69 Å². The van der Waals surface area contributed by atoms with Crippen molar-refractivity contribution < 1.29 is 23.8 Å². The van der Waals surface area contributed by atoms with E-state index >= 15 is 0 Å². The molecule has 1 aliphatic rings. The van der Waals surface area contributed by atoms with Gasteiger partial charge in [-0.1, -0.05) is 30.3 Å². The number of fused-ring (bicyclic) bond motifs is 3. The molecule has 0 radical (unpaired) electrons. The minimum Gasteiger partial charge on any atom is -0.493 e. The van der Waals surface area contributed by atoms with Crippen LogP contribution < -0.4 is 9.64 Å². The number of rotatable bonds is 4. The van der Waals surface area contributed by atoms with E-state index in [0.717, 1.165) is 21.9 Å². The van der Waals surface area contributed by atoms with Gasteiger partial charge in [-0.25, -0.2) is 4.79 Å². The Labute approximate surface area is 172 Å². The zero-order chi connectivity index (χ0) is 20.8. The highest BCUT2D eigenvalue weighted by molar-refractivity contribution is 6.09. The van der Waals surface area contributed by atoms with Crippen LogP contribution in [0.25, 0.3) is 21.9 Å².